The van der Waals surface area contributed by atoms with Crippen LogP contribution in [0.5, 0.6) is 0 Å². The summed E-state index contributed by atoms with van der Waals surface area (Å²) in [5.74, 6) is -1.11. The van der Waals surface area contributed by atoms with Crippen molar-refractivity contribution >= 4 is 43.5 Å². The van der Waals surface area contributed by atoms with E-state index in [0.717, 1.165) is 22.2 Å². The highest BCUT2D eigenvalue weighted by Crippen LogP contribution is 2.33. The van der Waals surface area contributed by atoms with Gasteiger partial charge >= 0.3 is 6.18 Å². The van der Waals surface area contributed by atoms with Crippen molar-refractivity contribution in [3.8, 4) is 0 Å². The lowest BCUT2D eigenvalue weighted by Crippen LogP contribution is -2.53. The molecule has 1 N–H and O–H groups in total. The standard InChI is InChI=1S/C35H35BrF3N3O4S/c1-25(2)22-40-34(44)32(20-26-11-5-3-6-12-26)41(23-27-13-9-15-29(36)19-27)33(43)24-42(47(45,46)31-17-7-4-8-18-31)30-16-10-14-28(21-30)35(37,38)39/h3-19,21,25,32H,20,22-24H2,1-2H3,(H,40,44)/t32-/m1/s1. The number of anilines is 1. The number of amides is 2. The first-order valence-electron chi connectivity index (χ1n) is 14.9. The minimum absolute atomic E-state index is 0.0767. The molecule has 4 aromatic carbocycles. The summed E-state index contributed by atoms with van der Waals surface area (Å²) in [6.07, 6.45) is -4.65. The summed E-state index contributed by atoms with van der Waals surface area (Å²) in [7, 11) is -4.54. The number of hydrogen-bond acceptors (Lipinski definition) is 4. The molecule has 248 valence electrons. The molecule has 2 amide bonds. The maximum absolute atomic E-state index is 14.5. The van der Waals surface area contributed by atoms with E-state index in [1.54, 1.807) is 42.5 Å². The van der Waals surface area contributed by atoms with E-state index < -0.39 is 46.2 Å². The molecule has 0 bridgehead atoms. The highest BCUT2D eigenvalue weighted by molar-refractivity contribution is 9.10. The quantitative estimate of drug-likeness (QED) is 0.160. The Labute approximate surface area is 281 Å². The topological polar surface area (TPSA) is 86.8 Å². The summed E-state index contributed by atoms with van der Waals surface area (Å²) in [6.45, 7) is 3.25. The molecule has 0 saturated heterocycles. The molecule has 0 heterocycles. The highest BCUT2D eigenvalue weighted by Gasteiger charge is 2.36. The summed E-state index contributed by atoms with van der Waals surface area (Å²) in [5, 5.41) is 2.90. The van der Waals surface area contributed by atoms with Gasteiger partial charge in [0.05, 0.1) is 16.1 Å². The van der Waals surface area contributed by atoms with Crippen LogP contribution in [0.25, 0.3) is 0 Å². The molecule has 0 spiro atoms. The Bertz CT molecular complexity index is 1770. The third kappa shape index (κ3) is 9.68. The predicted octanol–water partition coefficient (Wildman–Crippen LogP) is 7.08. The molecule has 7 nitrogen and oxygen atoms in total. The van der Waals surface area contributed by atoms with Crippen molar-refractivity contribution in [2.75, 3.05) is 17.4 Å². The van der Waals surface area contributed by atoms with E-state index in [0.29, 0.717) is 22.5 Å². The van der Waals surface area contributed by atoms with E-state index in [9.17, 15) is 31.2 Å². The number of sulfonamides is 1. The van der Waals surface area contributed by atoms with Gasteiger partial charge < -0.3 is 10.2 Å². The van der Waals surface area contributed by atoms with Crippen molar-refractivity contribution in [1.29, 1.82) is 0 Å². The van der Waals surface area contributed by atoms with Crippen LogP contribution < -0.4 is 9.62 Å². The fraction of sp³-hybridized carbons (Fsp3) is 0.257. The molecule has 0 aromatic heterocycles. The van der Waals surface area contributed by atoms with Crippen LogP contribution in [0.15, 0.2) is 119 Å². The fourth-order valence-electron chi connectivity index (χ4n) is 4.89. The third-order valence-electron chi connectivity index (χ3n) is 7.27. The number of carbonyl (C=O) groups excluding carboxylic acids is 2. The molecular weight excluding hydrogens is 695 g/mol. The summed E-state index contributed by atoms with van der Waals surface area (Å²) in [5.41, 5.74) is -0.00474. The molecule has 0 aliphatic heterocycles. The van der Waals surface area contributed by atoms with Crippen LogP contribution in [0.1, 0.15) is 30.5 Å². The number of rotatable bonds is 13. The Morgan fingerprint density at radius 2 is 1.45 bits per heavy atom. The molecule has 4 rings (SSSR count). The average molecular weight is 731 g/mol. The normalized spacial score (nSPS) is 12.4. The molecule has 47 heavy (non-hydrogen) atoms. The van der Waals surface area contributed by atoms with Crippen molar-refractivity contribution in [2.45, 2.75) is 43.9 Å². The Morgan fingerprint density at radius 1 is 0.830 bits per heavy atom. The largest absolute Gasteiger partial charge is 0.416 e. The van der Waals surface area contributed by atoms with Crippen molar-refractivity contribution in [1.82, 2.24) is 10.2 Å². The molecule has 0 saturated carbocycles. The summed E-state index contributed by atoms with van der Waals surface area (Å²) >= 11 is 3.43. The second-order valence-electron chi connectivity index (χ2n) is 11.4. The van der Waals surface area contributed by atoms with Crippen molar-refractivity contribution in [2.24, 2.45) is 5.92 Å². The maximum Gasteiger partial charge on any atom is 0.416 e. The number of halogens is 4. The predicted molar refractivity (Wildman–Crippen MR) is 179 cm³/mol. The molecule has 0 radical (unpaired) electrons. The van der Waals surface area contributed by atoms with Crippen molar-refractivity contribution in [3.63, 3.8) is 0 Å². The van der Waals surface area contributed by atoms with E-state index in [1.807, 2.05) is 32.0 Å². The lowest BCUT2D eigenvalue weighted by molar-refractivity contribution is -0.140. The first-order chi connectivity index (χ1) is 22.3. The Kier molecular flexibility index (Phi) is 11.9. The average Bonchev–Trinajstić information content (AvgIpc) is 3.04. The van der Waals surface area contributed by atoms with Crippen LogP contribution in [-0.4, -0.2) is 44.3 Å². The van der Waals surface area contributed by atoms with Gasteiger partial charge in [0.2, 0.25) is 11.8 Å². The zero-order valence-corrected chi connectivity index (χ0v) is 28.2. The summed E-state index contributed by atoms with van der Waals surface area (Å²) in [4.78, 5) is 29.4. The first kappa shape index (κ1) is 35.7. The van der Waals surface area contributed by atoms with E-state index in [4.69, 9.17) is 0 Å². The molecule has 0 aliphatic carbocycles. The molecule has 4 aromatic rings. The van der Waals surface area contributed by atoms with Crippen molar-refractivity contribution in [3.05, 3.63) is 130 Å². The second-order valence-corrected chi connectivity index (χ2v) is 14.1. The van der Waals surface area contributed by atoms with Crippen LogP contribution in [-0.2, 0) is 38.8 Å². The number of nitrogens with one attached hydrogen (secondary N) is 1. The van der Waals surface area contributed by atoms with Crippen LogP contribution in [0.4, 0.5) is 18.9 Å². The number of carbonyl (C=O) groups is 2. The van der Waals surface area contributed by atoms with E-state index >= 15 is 0 Å². The molecule has 0 fully saturated rings. The second kappa shape index (κ2) is 15.6. The SMILES string of the molecule is CC(C)CNC(=O)[C@@H](Cc1ccccc1)N(Cc1cccc(Br)c1)C(=O)CN(c1cccc(C(F)(F)F)c1)S(=O)(=O)c1ccccc1. The Morgan fingerprint density at radius 3 is 2.06 bits per heavy atom. The molecular formula is C35H35BrF3N3O4S. The van der Waals surface area contributed by atoms with Gasteiger partial charge in [0, 0.05) is 24.0 Å². The lowest BCUT2D eigenvalue weighted by Gasteiger charge is -2.34. The molecule has 12 heteroatoms. The van der Waals surface area contributed by atoms with Crippen LogP contribution >= 0.6 is 15.9 Å². The number of alkyl halides is 3. The van der Waals surface area contributed by atoms with Crippen LogP contribution in [0.2, 0.25) is 0 Å². The molecule has 1 atom stereocenters. The van der Waals surface area contributed by atoms with E-state index in [-0.39, 0.29) is 29.5 Å². The van der Waals surface area contributed by atoms with Gasteiger partial charge in [-0.2, -0.15) is 13.2 Å². The lowest BCUT2D eigenvalue weighted by atomic mass is 10.0. The number of hydrogen-bond donors (Lipinski definition) is 1. The van der Waals surface area contributed by atoms with Crippen molar-refractivity contribution < 1.29 is 31.2 Å². The zero-order chi connectivity index (χ0) is 34.2. The van der Waals surface area contributed by atoms with Crippen LogP contribution in [0, 0.1) is 5.92 Å². The number of nitrogens with zero attached hydrogens (tertiary/aromatic N) is 2. The summed E-state index contributed by atoms with van der Waals surface area (Å²) in [6, 6.07) is 26.1. The van der Waals surface area contributed by atoms with Gasteiger partial charge in [-0.25, -0.2) is 8.42 Å². The monoisotopic (exact) mass is 729 g/mol. The van der Waals surface area contributed by atoms with Gasteiger partial charge in [-0.1, -0.05) is 96.5 Å². The minimum Gasteiger partial charge on any atom is -0.354 e. The maximum atomic E-state index is 14.5. The van der Waals surface area contributed by atoms with Gasteiger partial charge in [0.15, 0.2) is 0 Å². The Balaban J connectivity index is 1.83. The van der Waals surface area contributed by atoms with Gasteiger partial charge in [-0.15, -0.1) is 0 Å². The van der Waals surface area contributed by atoms with Gasteiger partial charge in [0.1, 0.15) is 12.6 Å². The zero-order valence-electron chi connectivity index (χ0n) is 25.8. The fourth-order valence-corrected chi connectivity index (χ4v) is 6.77. The molecule has 0 aliphatic rings. The smallest absolute Gasteiger partial charge is 0.354 e. The van der Waals surface area contributed by atoms with E-state index in [1.165, 1.54) is 35.2 Å². The van der Waals surface area contributed by atoms with Gasteiger partial charge in [0.25, 0.3) is 10.0 Å². The number of benzene rings is 4. The van der Waals surface area contributed by atoms with E-state index in [2.05, 4.69) is 21.2 Å². The molecule has 0 unspecified atom stereocenters. The Hall–Kier alpha value is -4.16. The first-order valence-corrected chi connectivity index (χ1v) is 17.1. The van der Waals surface area contributed by atoms with Gasteiger partial charge in [-0.3, -0.25) is 13.9 Å². The highest BCUT2D eigenvalue weighted by atomic mass is 79.9. The summed E-state index contributed by atoms with van der Waals surface area (Å²) < 4.78 is 70.7. The third-order valence-corrected chi connectivity index (χ3v) is 9.55. The minimum atomic E-state index is -4.76. The van der Waals surface area contributed by atoms with Gasteiger partial charge in [-0.05, 0) is 59.5 Å². The van der Waals surface area contributed by atoms with Crippen LogP contribution in [0.3, 0.4) is 0 Å².